The number of anilines is 1. The predicted octanol–water partition coefficient (Wildman–Crippen LogP) is 2.32. The lowest BCUT2D eigenvalue weighted by atomic mass is 10.2. The quantitative estimate of drug-likeness (QED) is 0.565. The van der Waals surface area contributed by atoms with Crippen LogP contribution in [0.2, 0.25) is 0 Å². The second-order valence-electron chi connectivity index (χ2n) is 2.55. The number of hydrogen-bond acceptors (Lipinski definition) is 3. The van der Waals surface area contributed by atoms with Crippen LogP contribution in [0.15, 0.2) is 29.3 Å². The van der Waals surface area contributed by atoms with Gasteiger partial charge in [0.25, 0.3) is 0 Å². The summed E-state index contributed by atoms with van der Waals surface area (Å²) in [6, 6.07) is 9.34. The van der Waals surface area contributed by atoms with Crippen molar-refractivity contribution in [3.8, 4) is 6.07 Å². The topological polar surface area (TPSA) is 48.2 Å². The van der Waals surface area contributed by atoms with Gasteiger partial charge in [-0.25, -0.2) is 0 Å². The number of rotatable bonds is 1. The molecule has 0 aliphatic heterocycles. The molecule has 1 aromatic carbocycles. The number of nitrogens with zero attached hydrogens (tertiary/aromatic N) is 2. The van der Waals surface area contributed by atoms with Crippen molar-refractivity contribution in [3.05, 3.63) is 29.8 Å². The van der Waals surface area contributed by atoms with Crippen molar-refractivity contribution in [2.45, 2.75) is 0 Å². The zero-order valence-corrected chi connectivity index (χ0v) is 8.93. The molecule has 14 heavy (non-hydrogen) atoms. The van der Waals surface area contributed by atoms with Gasteiger partial charge in [0.05, 0.1) is 11.6 Å². The van der Waals surface area contributed by atoms with Crippen molar-refractivity contribution >= 4 is 22.6 Å². The molecule has 0 radical (unpaired) electrons. The van der Waals surface area contributed by atoms with Crippen LogP contribution in [0.1, 0.15) is 5.56 Å². The summed E-state index contributed by atoms with van der Waals surface area (Å²) in [7, 11) is 1.74. The minimum absolute atomic E-state index is 0.662. The van der Waals surface area contributed by atoms with Crippen LogP contribution >= 0.6 is 11.8 Å². The highest BCUT2D eigenvalue weighted by Gasteiger charge is 1.96. The summed E-state index contributed by atoms with van der Waals surface area (Å²) in [6.07, 6.45) is 1.96. The summed E-state index contributed by atoms with van der Waals surface area (Å²) in [5.41, 5.74) is 1.61. The van der Waals surface area contributed by atoms with E-state index in [9.17, 15) is 0 Å². The Bertz CT molecular complexity index is 362. The molecule has 0 saturated carbocycles. The number of thioether (sulfide) groups is 1. The van der Waals surface area contributed by atoms with Crippen molar-refractivity contribution in [1.29, 1.82) is 5.26 Å². The van der Waals surface area contributed by atoms with E-state index in [2.05, 4.69) is 16.4 Å². The van der Waals surface area contributed by atoms with Gasteiger partial charge in [0, 0.05) is 12.7 Å². The zero-order chi connectivity index (χ0) is 10.4. The monoisotopic (exact) mass is 205 g/mol. The summed E-state index contributed by atoms with van der Waals surface area (Å²) >= 11 is 1.55. The summed E-state index contributed by atoms with van der Waals surface area (Å²) in [5.74, 6) is 0. The van der Waals surface area contributed by atoms with Gasteiger partial charge in [-0.1, -0.05) is 11.8 Å². The maximum atomic E-state index is 8.60. The van der Waals surface area contributed by atoms with Crippen LogP contribution in [0, 0.1) is 11.3 Å². The zero-order valence-electron chi connectivity index (χ0n) is 8.11. The van der Waals surface area contributed by atoms with Crippen LogP contribution < -0.4 is 5.32 Å². The van der Waals surface area contributed by atoms with Crippen molar-refractivity contribution in [1.82, 2.24) is 0 Å². The van der Waals surface area contributed by atoms with E-state index in [0.717, 1.165) is 10.9 Å². The van der Waals surface area contributed by atoms with Gasteiger partial charge in [-0.3, -0.25) is 4.99 Å². The SMILES string of the molecule is C/N=C(/Nc1ccc(C#N)cc1)SC. The molecule has 0 bridgehead atoms. The second-order valence-corrected chi connectivity index (χ2v) is 3.34. The highest BCUT2D eigenvalue weighted by Crippen LogP contribution is 2.11. The Hall–Kier alpha value is -1.47. The van der Waals surface area contributed by atoms with Gasteiger partial charge in [-0.2, -0.15) is 5.26 Å². The molecular weight excluding hydrogens is 194 g/mol. The third-order valence-corrected chi connectivity index (χ3v) is 2.33. The first-order valence-corrected chi connectivity index (χ1v) is 5.30. The fourth-order valence-electron chi connectivity index (χ4n) is 0.950. The predicted molar refractivity (Wildman–Crippen MR) is 61.7 cm³/mol. The number of benzene rings is 1. The van der Waals surface area contributed by atoms with E-state index in [1.54, 1.807) is 30.9 Å². The molecule has 0 aliphatic rings. The maximum absolute atomic E-state index is 8.60. The standard InChI is InChI=1S/C10H11N3S/c1-12-10(14-2)13-9-5-3-8(7-11)4-6-9/h3-6H,1-2H3,(H,12,13). The normalized spacial score (nSPS) is 10.8. The van der Waals surface area contributed by atoms with E-state index >= 15 is 0 Å². The molecule has 0 unspecified atom stereocenters. The first-order valence-electron chi connectivity index (χ1n) is 4.08. The Morgan fingerprint density at radius 2 is 2.07 bits per heavy atom. The Labute approximate surface area is 87.9 Å². The molecule has 0 aliphatic carbocycles. The lowest BCUT2D eigenvalue weighted by Crippen LogP contribution is -2.06. The van der Waals surface area contributed by atoms with E-state index in [1.807, 2.05) is 18.4 Å². The smallest absolute Gasteiger partial charge is 0.160 e. The van der Waals surface area contributed by atoms with E-state index in [1.165, 1.54) is 0 Å². The van der Waals surface area contributed by atoms with Gasteiger partial charge < -0.3 is 5.32 Å². The average molecular weight is 205 g/mol. The van der Waals surface area contributed by atoms with Crippen molar-refractivity contribution in [2.24, 2.45) is 4.99 Å². The Kier molecular flexibility index (Phi) is 4.02. The van der Waals surface area contributed by atoms with Crippen molar-refractivity contribution < 1.29 is 0 Å². The van der Waals surface area contributed by atoms with Crippen LogP contribution in [-0.2, 0) is 0 Å². The molecule has 0 amide bonds. The fourth-order valence-corrected chi connectivity index (χ4v) is 1.35. The molecule has 0 saturated heterocycles. The molecule has 0 atom stereocenters. The molecule has 0 aromatic heterocycles. The van der Waals surface area contributed by atoms with E-state index < -0.39 is 0 Å². The minimum Gasteiger partial charge on any atom is -0.335 e. The summed E-state index contributed by atoms with van der Waals surface area (Å²) < 4.78 is 0. The van der Waals surface area contributed by atoms with Crippen molar-refractivity contribution in [3.63, 3.8) is 0 Å². The Morgan fingerprint density at radius 3 is 2.50 bits per heavy atom. The van der Waals surface area contributed by atoms with Gasteiger partial charge >= 0.3 is 0 Å². The molecule has 72 valence electrons. The second kappa shape index (κ2) is 5.30. The van der Waals surface area contributed by atoms with Crippen LogP contribution in [0.3, 0.4) is 0 Å². The summed E-state index contributed by atoms with van der Waals surface area (Å²) in [4.78, 5) is 4.05. The Morgan fingerprint density at radius 1 is 1.43 bits per heavy atom. The van der Waals surface area contributed by atoms with Crippen molar-refractivity contribution in [2.75, 3.05) is 18.6 Å². The third-order valence-electron chi connectivity index (χ3n) is 1.66. The maximum Gasteiger partial charge on any atom is 0.160 e. The number of nitriles is 1. The van der Waals surface area contributed by atoms with Gasteiger partial charge in [0.2, 0.25) is 0 Å². The van der Waals surface area contributed by atoms with Gasteiger partial charge in [0.15, 0.2) is 5.17 Å². The Balaban J connectivity index is 2.74. The molecule has 1 N–H and O–H groups in total. The van der Waals surface area contributed by atoms with Crippen LogP contribution in [-0.4, -0.2) is 18.5 Å². The number of nitrogens with one attached hydrogen (secondary N) is 1. The fraction of sp³-hybridized carbons (Fsp3) is 0.200. The first-order chi connectivity index (χ1) is 6.80. The molecule has 4 heteroatoms. The molecule has 0 spiro atoms. The van der Waals surface area contributed by atoms with Crippen LogP contribution in [0.25, 0.3) is 0 Å². The molecule has 1 rings (SSSR count). The molecular formula is C10H11N3S. The van der Waals surface area contributed by atoms with E-state index in [0.29, 0.717) is 5.56 Å². The molecule has 3 nitrogen and oxygen atoms in total. The first kappa shape index (κ1) is 10.6. The molecule has 0 heterocycles. The number of aliphatic imine (C=N–C) groups is 1. The molecule has 1 aromatic rings. The summed E-state index contributed by atoms with van der Waals surface area (Å²) in [5, 5.41) is 12.6. The molecule has 0 fully saturated rings. The van der Waals surface area contributed by atoms with Gasteiger partial charge in [0.1, 0.15) is 0 Å². The average Bonchev–Trinajstić information content (AvgIpc) is 2.26. The van der Waals surface area contributed by atoms with Gasteiger partial charge in [-0.05, 0) is 30.5 Å². The summed E-state index contributed by atoms with van der Waals surface area (Å²) in [6.45, 7) is 0. The largest absolute Gasteiger partial charge is 0.335 e. The lowest BCUT2D eigenvalue weighted by Gasteiger charge is -2.05. The van der Waals surface area contributed by atoms with Gasteiger partial charge in [-0.15, -0.1) is 0 Å². The van der Waals surface area contributed by atoms with E-state index in [-0.39, 0.29) is 0 Å². The lowest BCUT2D eigenvalue weighted by molar-refractivity contribution is 1.44. The highest BCUT2D eigenvalue weighted by molar-refractivity contribution is 8.13. The van der Waals surface area contributed by atoms with Crippen LogP contribution in [0.4, 0.5) is 5.69 Å². The minimum atomic E-state index is 0.662. The van der Waals surface area contributed by atoms with Crippen LogP contribution in [0.5, 0.6) is 0 Å². The highest BCUT2D eigenvalue weighted by atomic mass is 32.2. The number of hydrogen-bond donors (Lipinski definition) is 1. The number of amidine groups is 1. The van der Waals surface area contributed by atoms with E-state index in [4.69, 9.17) is 5.26 Å². The third kappa shape index (κ3) is 2.79.